The van der Waals surface area contributed by atoms with E-state index < -0.39 is 11.9 Å². The van der Waals surface area contributed by atoms with Crippen LogP contribution in [-0.2, 0) is 16.0 Å². The lowest BCUT2D eigenvalue weighted by atomic mass is 10.1. The van der Waals surface area contributed by atoms with Gasteiger partial charge in [-0.05, 0) is 54.4 Å². The lowest BCUT2D eigenvalue weighted by Gasteiger charge is -2.13. The van der Waals surface area contributed by atoms with Crippen LogP contribution in [0.4, 0.5) is 11.4 Å². The summed E-state index contributed by atoms with van der Waals surface area (Å²) in [5.74, 6) is -0.00830. The van der Waals surface area contributed by atoms with Crippen molar-refractivity contribution in [3.05, 3.63) is 83.9 Å². The molecular weight excluding hydrogens is 408 g/mol. The Kier molecular flexibility index (Phi) is 7.59. The van der Waals surface area contributed by atoms with Gasteiger partial charge in [-0.15, -0.1) is 0 Å². The summed E-state index contributed by atoms with van der Waals surface area (Å²) in [4.78, 5) is 36.3. The lowest BCUT2D eigenvalue weighted by Crippen LogP contribution is -2.17. The number of methoxy groups -OCH3 is 1. The van der Waals surface area contributed by atoms with Crippen LogP contribution in [0, 0.1) is 0 Å². The van der Waals surface area contributed by atoms with Crippen LogP contribution in [0.3, 0.4) is 0 Å². The Bertz CT molecular complexity index is 1130. The van der Waals surface area contributed by atoms with Crippen molar-refractivity contribution in [1.82, 2.24) is 0 Å². The molecule has 0 heterocycles. The number of esters is 1. The summed E-state index contributed by atoms with van der Waals surface area (Å²) in [5.41, 5.74) is 2.27. The molecule has 0 aliphatic carbocycles. The van der Waals surface area contributed by atoms with E-state index in [2.05, 4.69) is 10.6 Å². The van der Waals surface area contributed by atoms with Crippen molar-refractivity contribution < 1.29 is 23.9 Å². The molecule has 2 N–H and O–H groups in total. The van der Waals surface area contributed by atoms with Gasteiger partial charge < -0.3 is 20.1 Å². The minimum Gasteiger partial charge on any atom is -0.497 e. The van der Waals surface area contributed by atoms with Crippen LogP contribution < -0.4 is 20.1 Å². The van der Waals surface area contributed by atoms with Gasteiger partial charge in [0.1, 0.15) is 11.5 Å². The van der Waals surface area contributed by atoms with Crippen LogP contribution in [0.25, 0.3) is 0 Å². The van der Waals surface area contributed by atoms with Crippen LogP contribution in [0.2, 0.25) is 0 Å². The average molecular weight is 432 g/mol. The number of para-hydroxylation sites is 2. The van der Waals surface area contributed by atoms with Gasteiger partial charge in [0, 0.05) is 18.9 Å². The molecule has 0 bridgehead atoms. The van der Waals surface area contributed by atoms with Gasteiger partial charge in [0.2, 0.25) is 5.91 Å². The van der Waals surface area contributed by atoms with Crippen molar-refractivity contribution >= 4 is 29.2 Å². The molecule has 0 spiro atoms. The standard InChI is InChI=1S/C25H24N2O5/c1-17(28)32-21-10-6-8-19(16-21)25(30)27-23-12-4-3-11-22(23)26-24(29)14-13-18-7-5-9-20(15-18)31-2/h3-12,15-16H,13-14H2,1-2H3,(H,26,29)(H,27,30). The summed E-state index contributed by atoms with van der Waals surface area (Å²) >= 11 is 0. The number of benzene rings is 3. The second-order valence-corrected chi connectivity index (χ2v) is 7.02. The first kappa shape index (κ1) is 22.6. The summed E-state index contributed by atoms with van der Waals surface area (Å²) in [7, 11) is 1.60. The molecule has 0 saturated carbocycles. The van der Waals surface area contributed by atoms with Crippen LogP contribution in [0.15, 0.2) is 72.8 Å². The minimum absolute atomic E-state index is 0.175. The number of ether oxygens (including phenoxy) is 2. The van der Waals surface area contributed by atoms with Gasteiger partial charge in [0.15, 0.2) is 0 Å². The molecule has 32 heavy (non-hydrogen) atoms. The summed E-state index contributed by atoms with van der Waals surface area (Å²) in [6.07, 6.45) is 0.834. The average Bonchev–Trinajstić information content (AvgIpc) is 2.79. The SMILES string of the molecule is COc1cccc(CCC(=O)Nc2ccccc2NC(=O)c2cccc(OC(C)=O)c2)c1. The molecule has 0 radical (unpaired) electrons. The third kappa shape index (κ3) is 6.43. The number of carbonyl (C=O) groups excluding carboxylic acids is 3. The third-order valence-electron chi connectivity index (χ3n) is 4.58. The van der Waals surface area contributed by atoms with Crippen LogP contribution in [0.5, 0.6) is 11.5 Å². The summed E-state index contributed by atoms with van der Waals surface area (Å²) in [5, 5.41) is 5.64. The van der Waals surface area contributed by atoms with Crippen LogP contribution in [0.1, 0.15) is 29.3 Å². The number of aryl methyl sites for hydroxylation is 1. The third-order valence-corrected chi connectivity index (χ3v) is 4.58. The predicted octanol–water partition coefficient (Wildman–Crippen LogP) is 4.44. The molecule has 0 atom stereocenters. The number of hydrogen-bond donors (Lipinski definition) is 2. The van der Waals surface area contributed by atoms with Crippen molar-refractivity contribution in [2.45, 2.75) is 19.8 Å². The first-order valence-corrected chi connectivity index (χ1v) is 10.1. The van der Waals surface area contributed by atoms with Gasteiger partial charge in [0.05, 0.1) is 18.5 Å². The highest BCUT2D eigenvalue weighted by Crippen LogP contribution is 2.23. The van der Waals surface area contributed by atoms with Crippen molar-refractivity contribution in [2.75, 3.05) is 17.7 Å². The Labute approximate surface area is 186 Å². The zero-order valence-electron chi connectivity index (χ0n) is 17.9. The second-order valence-electron chi connectivity index (χ2n) is 7.02. The normalized spacial score (nSPS) is 10.2. The van der Waals surface area contributed by atoms with Gasteiger partial charge in [-0.1, -0.05) is 30.3 Å². The predicted molar refractivity (Wildman–Crippen MR) is 122 cm³/mol. The fraction of sp³-hybridized carbons (Fsp3) is 0.160. The van der Waals surface area contributed by atoms with Gasteiger partial charge in [-0.3, -0.25) is 14.4 Å². The van der Waals surface area contributed by atoms with E-state index in [1.165, 1.54) is 13.0 Å². The van der Waals surface area contributed by atoms with Gasteiger partial charge >= 0.3 is 5.97 Å². The molecule has 3 rings (SSSR count). The summed E-state index contributed by atoms with van der Waals surface area (Å²) in [6.45, 7) is 1.29. The number of amides is 2. The highest BCUT2D eigenvalue weighted by Gasteiger charge is 2.12. The van der Waals surface area contributed by atoms with Gasteiger partial charge in [-0.2, -0.15) is 0 Å². The Hall–Kier alpha value is -4.13. The van der Waals surface area contributed by atoms with Crippen molar-refractivity contribution in [2.24, 2.45) is 0 Å². The van der Waals surface area contributed by atoms with E-state index in [0.717, 1.165) is 11.3 Å². The Morgan fingerprint density at radius 1 is 0.812 bits per heavy atom. The number of carbonyl (C=O) groups is 3. The zero-order valence-corrected chi connectivity index (χ0v) is 17.9. The van der Waals surface area contributed by atoms with Crippen molar-refractivity contribution in [3.63, 3.8) is 0 Å². The molecule has 3 aromatic rings. The number of anilines is 2. The molecule has 3 aromatic carbocycles. The first-order valence-electron chi connectivity index (χ1n) is 10.1. The summed E-state index contributed by atoms with van der Waals surface area (Å²) in [6, 6.07) is 20.8. The fourth-order valence-corrected chi connectivity index (χ4v) is 3.06. The van der Waals surface area contributed by atoms with Crippen LogP contribution in [-0.4, -0.2) is 24.9 Å². The van der Waals surface area contributed by atoms with E-state index in [9.17, 15) is 14.4 Å². The smallest absolute Gasteiger partial charge is 0.308 e. The highest BCUT2D eigenvalue weighted by atomic mass is 16.5. The highest BCUT2D eigenvalue weighted by molar-refractivity contribution is 6.07. The Morgan fingerprint density at radius 2 is 1.50 bits per heavy atom. The zero-order chi connectivity index (χ0) is 22.9. The monoisotopic (exact) mass is 432 g/mol. The molecule has 0 aromatic heterocycles. The molecular formula is C25H24N2O5. The second kappa shape index (κ2) is 10.8. The molecule has 7 nitrogen and oxygen atoms in total. The maximum Gasteiger partial charge on any atom is 0.308 e. The van der Waals surface area contributed by atoms with E-state index in [1.54, 1.807) is 49.6 Å². The molecule has 0 fully saturated rings. The maximum absolute atomic E-state index is 12.7. The molecule has 0 aliphatic heterocycles. The number of nitrogens with one attached hydrogen (secondary N) is 2. The van der Waals surface area contributed by atoms with Crippen LogP contribution >= 0.6 is 0 Å². The molecule has 0 saturated heterocycles. The Balaban J connectivity index is 1.64. The number of rotatable bonds is 8. The van der Waals surface area contributed by atoms with Crippen molar-refractivity contribution in [1.29, 1.82) is 0 Å². The molecule has 0 aliphatic rings. The molecule has 0 unspecified atom stereocenters. The van der Waals surface area contributed by atoms with E-state index in [4.69, 9.17) is 9.47 Å². The number of hydrogen-bond acceptors (Lipinski definition) is 5. The summed E-state index contributed by atoms with van der Waals surface area (Å²) < 4.78 is 10.2. The Morgan fingerprint density at radius 3 is 2.22 bits per heavy atom. The first-order chi connectivity index (χ1) is 15.4. The topological polar surface area (TPSA) is 93.7 Å². The van der Waals surface area contributed by atoms with E-state index in [-0.39, 0.29) is 18.1 Å². The largest absolute Gasteiger partial charge is 0.497 e. The van der Waals surface area contributed by atoms with Crippen molar-refractivity contribution in [3.8, 4) is 11.5 Å². The molecule has 2 amide bonds. The maximum atomic E-state index is 12.7. The lowest BCUT2D eigenvalue weighted by molar-refractivity contribution is -0.131. The van der Waals surface area contributed by atoms with E-state index in [0.29, 0.717) is 23.4 Å². The van der Waals surface area contributed by atoms with Gasteiger partial charge in [0.25, 0.3) is 5.91 Å². The van der Waals surface area contributed by atoms with E-state index in [1.807, 2.05) is 24.3 Å². The minimum atomic E-state index is -0.468. The fourth-order valence-electron chi connectivity index (χ4n) is 3.06. The quantitative estimate of drug-likeness (QED) is 0.405. The van der Waals surface area contributed by atoms with E-state index >= 15 is 0 Å². The van der Waals surface area contributed by atoms with Gasteiger partial charge in [-0.25, -0.2) is 0 Å². The molecule has 7 heteroatoms. The molecule has 164 valence electrons.